The highest BCUT2D eigenvalue weighted by atomic mass is 35.5. The first-order valence-electron chi connectivity index (χ1n) is 6.84. The number of carbonyl (C=O) groups is 2. The fourth-order valence-electron chi connectivity index (χ4n) is 2.85. The second kappa shape index (κ2) is 6.35. The topological polar surface area (TPSA) is 75.6 Å². The number of nitrogens with one attached hydrogen (secondary N) is 1. The second-order valence-electron chi connectivity index (χ2n) is 5.36. The second-order valence-corrected chi connectivity index (χ2v) is 5.79. The molecule has 1 saturated carbocycles. The Morgan fingerprint density at radius 1 is 1.38 bits per heavy atom. The summed E-state index contributed by atoms with van der Waals surface area (Å²) in [7, 11) is 1.47. The molecule has 0 saturated heterocycles. The molecule has 114 valence electrons. The lowest BCUT2D eigenvalue weighted by Crippen LogP contribution is -2.47. The predicted molar refractivity (Wildman–Crippen MR) is 78.9 cm³/mol. The van der Waals surface area contributed by atoms with Gasteiger partial charge in [0.05, 0.1) is 24.6 Å². The van der Waals surface area contributed by atoms with Crippen LogP contribution in [0.25, 0.3) is 0 Å². The molecular weight excluding hydrogens is 294 g/mol. The zero-order chi connectivity index (χ0) is 15.5. The molecule has 5 nitrogen and oxygen atoms in total. The Bertz CT molecular complexity index is 553. The Hall–Kier alpha value is -1.75. The average Bonchev–Trinajstić information content (AvgIpc) is 2.85. The fraction of sp³-hybridized carbons (Fsp3) is 0.467. The summed E-state index contributed by atoms with van der Waals surface area (Å²) in [6.07, 6.45) is 3.12. The van der Waals surface area contributed by atoms with Gasteiger partial charge in [-0.3, -0.25) is 9.59 Å². The molecule has 1 fully saturated rings. The van der Waals surface area contributed by atoms with Gasteiger partial charge in [-0.2, -0.15) is 0 Å². The summed E-state index contributed by atoms with van der Waals surface area (Å²) >= 11 is 5.92. The van der Waals surface area contributed by atoms with Crippen LogP contribution in [0.4, 0.5) is 0 Å². The van der Waals surface area contributed by atoms with E-state index >= 15 is 0 Å². The third-order valence-electron chi connectivity index (χ3n) is 3.84. The molecule has 1 amide bonds. The number of amides is 1. The number of carbonyl (C=O) groups excluding carboxylic acids is 1. The molecule has 0 bridgehead atoms. The quantitative estimate of drug-likeness (QED) is 0.876. The summed E-state index contributed by atoms with van der Waals surface area (Å²) in [6, 6.07) is 4.79. The average molecular weight is 312 g/mol. The van der Waals surface area contributed by atoms with E-state index in [0.29, 0.717) is 29.2 Å². The van der Waals surface area contributed by atoms with Gasteiger partial charge in [-0.25, -0.2) is 0 Å². The van der Waals surface area contributed by atoms with Gasteiger partial charge in [0, 0.05) is 5.02 Å². The van der Waals surface area contributed by atoms with Crippen LogP contribution in [0, 0.1) is 0 Å². The predicted octanol–water partition coefficient (Wildman–Crippen LogP) is 2.87. The van der Waals surface area contributed by atoms with Gasteiger partial charge < -0.3 is 15.2 Å². The molecule has 0 unspecified atom stereocenters. The van der Waals surface area contributed by atoms with E-state index in [0.717, 1.165) is 12.8 Å². The molecule has 6 heteroatoms. The van der Waals surface area contributed by atoms with Crippen LogP contribution in [0.5, 0.6) is 5.75 Å². The SMILES string of the molecule is COc1ccc(Cl)cc1C(=O)NC1(CC(=O)O)CCCC1. The van der Waals surface area contributed by atoms with Crippen LogP contribution in [0.15, 0.2) is 18.2 Å². The molecule has 0 spiro atoms. The third-order valence-corrected chi connectivity index (χ3v) is 4.07. The maximum atomic E-state index is 12.5. The molecule has 0 atom stereocenters. The fourth-order valence-corrected chi connectivity index (χ4v) is 3.03. The van der Waals surface area contributed by atoms with Crippen molar-refractivity contribution in [2.45, 2.75) is 37.6 Å². The Morgan fingerprint density at radius 2 is 2.05 bits per heavy atom. The highest BCUT2D eigenvalue weighted by Crippen LogP contribution is 2.33. The van der Waals surface area contributed by atoms with E-state index in [2.05, 4.69) is 5.32 Å². The van der Waals surface area contributed by atoms with Crippen molar-refractivity contribution in [3.05, 3.63) is 28.8 Å². The van der Waals surface area contributed by atoms with Crippen LogP contribution < -0.4 is 10.1 Å². The number of halogens is 1. The van der Waals surface area contributed by atoms with Gasteiger partial charge in [-0.05, 0) is 31.0 Å². The first kappa shape index (κ1) is 15.6. The van der Waals surface area contributed by atoms with Crippen molar-refractivity contribution in [1.82, 2.24) is 5.32 Å². The summed E-state index contributed by atoms with van der Waals surface area (Å²) in [5.74, 6) is -0.840. The van der Waals surface area contributed by atoms with E-state index in [-0.39, 0.29) is 12.3 Å². The molecule has 1 aliphatic carbocycles. The Morgan fingerprint density at radius 3 is 2.62 bits per heavy atom. The van der Waals surface area contributed by atoms with Gasteiger partial charge in [0.25, 0.3) is 5.91 Å². The van der Waals surface area contributed by atoms with Crippen LogP contribution in [-0.2, 0) is 4.79 Å². The van der Waals surface area contributed by atoms with E-state index in [1.807, 2.05) is 0 Å². The van der Waals surface area contributed by atoms with Gasteiger partial charge in [0.2, 0.25) is 0 Å². The van der Waals surface area contributed by atoms with E-state index < -0.39 is 11.5 Å². The molecular formula is C15H18ClNO4. The summed E-state index contributed by atoms with van der Waals surface area (Å²) < 4.78 is 5.16. The minimum Gasteiger partial charge on any atom is -0.496 e. The molecule has 1 aliphatic rings. The van der Waals surface area contributed by atoms with Crippen molar-refractivity contribution in [3.63, 3.8) is 0 Å². The molecule has 21 heavy (non-hydrogen) atoms. The number of benzene rings is 1. The monoisotopic (exact) mass is 311 g/mol. The zero-order valence-corrected chi connectivity index (χ0v) is 12.6. The molecule has 2 rings (SSSR count). The number of hydrogen-bond donors (Lipinski definition) is 2. The van der Waals surface area contributed by atoms with E-state index in [4.69, 9.17) is 21.4 Å². The molecule has 2 N–H and O–H groups in total. The van der Waals surface area contributed by atoms with Crippen LogP contribution >= 0.6 is 11.6 Å². The smallest absolute Gasteiger partial charge is 0.305 e. The minimum atomic E-state index is -0.907. The number of hydrogen-bond acceptors (Lipinski definition) is 3. The largest absolute Gasteiger partial charge is 0.496 e. The van der Waals surface area contributed by atoms with Crippen molar-refractivity contribution >= 4 is 23.5 Å². The lowest BCUT2D eigenvalue weighted by atomic mass is 9.92. The lowest BCUT2D eigenvalue weighted by Gasteiger charge is -2.29. The van der Waals surface area contributed by atoms with E-state index in [1.54, 1.807) is 12.1 Å². The lowest BCUT2D eigenvalue weighted by molar-refractivity contribution is -0.138. The number of carboxylic acid groups (broad SMARTS) is 1. The highest BCUT2D eigenvalue weighted by molar-refractivity contribution is 6.31. The Labute approximate surface area is 128 Å². The summed E-state index contributed by atoms with van der Waals surface area (Å²) in [4.78, 5) is 23.5. The van der Waals surface area contributed by atoms with Crippen LogP contribution in [0.3, 0.4) is 0 Å². The summed E-state index contributed by atoms with van der Waals surface area (Å²) in [5.41, 5.74) is -0.349. The molecule has 1 aromatic carbocycles. The maximum absolute atomic E-state index is 12.5. The maximum Gasteiger partial charge on any atom is 0.305 e. The number of aliphatic carboxylic acids is 1. The number of ether oxygens (including phenoxy) is 1. The van der Waals surface area contributed by atoms with Gasteiger partial charge in [0.1, 0.15) is 5.75 Å². The van der Waals surface area contributed by atoms with Crippen LogP contribution in [-0.4, -0.2) is 29.6 Å². The first-order chi connectivity index (χ1) is 9.96. The van der Waals surface area contributed by atoms with E-state index in [9.17, 15) is 9.59 Å². The zero-order valence-electron chi connectivity index (χ0n) is 11.8. The minimum absolute atomic E-state index is 0.0678. The Balaban J connectivity index is 2.23. The van der Waals surface area contributed by atoms with Crippen LogP contribution in [0.2, 0.25) is 5.02 Å². The van der Waals surface area contributed by atoms with Gasteiger partial charge in [0.15, 0.2) is 0 Å². The van der Waals surface area contributed by atoms with Crippen LogP contribution in [0.1, 0.15) is 42.5 Å². The molecule has 0 heterocycles. The molecule has 0 aliphatic heterocycles. The third kappa shape index (κ3) is 3.67. The number of rotatable bonds is 5. The van der Waals surface area contributed by atoms with Crippen molar-refractivity contribution in [2.24, 2.45) is 0 Å². The van der Waals surface area contributed by atoms with Gasteiger partial charge in [-0.15, -0.1) is 0 Å². The normalized spacial score (nSPS) is 16.5. The van der Waals surface area contributed by atoms with E-state index in [1.165, 1.54) is 13.2 Å². The van der Waals surface area contributed by atoms with Crippen molar-refractivity contribution < 1.29 is 19.4 Å². The van der Waals surface area contributed by atoms with Crippen molar-refractivity contribution in [3.8, 4) is 5.75 Å². The Kier molecular flexibility index (Phi) is 4.73. The molecule has 0 radical (unpaired) electrons. The highest BCUT2D eigenvalue weighted by Gasteiger charge is 2.38. The first-order valence-corrected chi connectivity index (χ1v) is 7.21. The number of carboxylic acids is 1. The number of methoxy groups -OCH3 is 1. The molecule has 0 aromatic heterocycles. The van der Waals surface area contributed by atoms with Crippen molar-refractivity contribution in [2.75, 3.05) is 7.11 Å². The van der Waals surface area contributed by atoms with Crippen molar-refractivity contribution in [1.29, 1.82) is 0 Å². The standard InChI is InChI=1S/C15H18ClNO4/c1-21-12-5-4-10(16)8-11(12)14(20)17-15(9-13(18)19)6-2-3-7-15/h4-5,8H,2-3,6-7,9H2,1H3,(H,17,20)(H,18,19). The summed E-state index contributed by atoms with van der Waals surface area (Å²) in [5, 5.41) is 12.4. The van der Waals surface area contributed by atoms with Gasteiger partial charge in [-0.1, -0.05) is 24.4 Å². The summed E-state index contributed by atoms with van der Waals surface area (Å²) in [6.45, 7) is 0. The van der Waals surface area contributed by atoms with Gasteiger partial charge >= 0.3 is 5.97 Å². The molecule has 1 aromatic rings.